The summed E-state index contributed by atoms with van der Waals surface area (Å²) in [6, 6.07) is 7.55. The number of benzene rings is 1. The van der Waals surface area contributed by atoms with Crippen LogP contribution < -0.4 is 15.4 Å². The molecule has 0 spiro atoms. The van der Waals surface area contributed by atoms with Crippen LogP contribution in [0.5, 0.6) is 5.75 Å². The van der Waals surface area contributed by atoms with Crippen molar-refractivity contribution in [2.45, 2.75) is 33.2 Å². The second-order valence-corrected chi connectivity index (χ2v) is 5.89. The fraction of sp³-hybridized carbons (Fsp3) is 0.438. The second kappa shape index (κ2) is 6.98. The van der Waals surface area contributed by atoms with Crippen LogP contribution in [0, 0.1) is 0 Å². The average Bonchev–Trinajstić information content (AvgIpc) is 2.32. The molecule has 4 heteroatoms. The Morgan fingerprint density at radius 2 is 1.95 bits per heavy atom. The molecule has 0 saturated heterocycles. The summed E-state index contributed by atoms with van der Waals surface area (Å²) >= 11 is 0. The summed E-state index contributed by atoms with van der Waals surface area (Å²) in [6.07, 6.45) is 0. The van der Waals surface area contributed by atoms with E-state index in [-0.39, 0.29) is 18.0 Å². The van der Waals surface area contributed by atoms with Crippen LogP contribution in [-0.4, -0.2) is 24.6 Å². The minimum atomic E-state index is -0.227. The van der Waals surface area contributed by atoms with E-state index >= 15 is 0 Å². The summed E-state index contributed by atoms with van der Waals surface area (Å²) in [5, 5.41) is 6.00. The summed E-state index contributed by atoms with van der Waals surface area (Å²) in [7, 11) is 0. The Labute approximate surface area is 121 Å². The van der Waals surface area contributed by atoms with Gasteiger partial charge in [-0.2, -0.15) is 0 Å². The zero-order valence-electron chi connectivity index (χ0n) is 12.7. The van der Waals surface area contributed by atoms with E-state index in [0.717, 1.165) is 17.0 Å². The van der Waals surface area contributed by atoms with Crippen molar-refractivity contribution in [1.29, 1.82) is 0 Å². The van der Waals surface area contributed by atoms with Gasteiger partial charge in [0.15, 0.2) is 0 Å². The van der Waals surface area contributed by atoms with Gasteiger partial charge in [-0.25, -0.2) is 0 Å². The first-order valence-electron chi connectivity index (χ1n) is 6.69. The number of amides is 1. The molecular weight excluding hydrogens is 252 g/mol. The van der Waals surface area contributed by atoms with Crippen molar-refractivity contribution in [2.75, 3.05) is 18.5 Å². The molecule has 0 aromatic heterocycles. The number of nitrogens with one attached hydrogen (secondary N) is 2. The third kappa shape index (κ3) is 6.27. The van der Waals surface area contributed by atoms with Crippen LogP contribution in [0.25, 0.3) is 0 Å². The van der Waals surface area contributed by atoms with Crippen molar-refractivity contribution < 1.29 is 9.53 Å². The molecule has 0 bridgehead atoms. The molecular formula is C16H24N2O2. The summed E-state index contributed by atoms with van der Waals surface area (Å²) in [6.45, 7) is 12.3. The van der Waals surface area contributed by atoms with Gasteiger partial charge >= 0.3 is 0 Å². The number of hydrogen-bond donors (Lipinski definition) is 2. The van der Waals surface area contributed by atoms with Crippen molar-refractivity contribution in [3.05, 3.63) is 36.4 Å². The highest BCUT2D eigenvalue weighted by Crippen LogP contribution is 2.23. The van der Waals surface area contributed by atoms with Gasteiger partial charge in [-0.1, -0.05) is 18.7 Å². The van der Waals surface area contributed by atoms with Gasteiger partial charge in [0, 0.05) is 5.54 Å². The molecule has 0 saturated carbocycles. The molecule has 110 valence electrons. The Hall–Kier alpha value is -1.97. The molecule has 0 aliphatic carbocycles. The van der Waals surface area contributed by atoms with Crippen molar-refractivity contribution in [1.82, 2.24) is 5.32 Å². The Kier molecular flexibility index (Phi) is 5.62. The third-order valence-corrected chi connectivity index (χ3v) is 2.31. The predicted octanol–water partition coefficient (Wildman–Crippen LogP) is 2.97. The SMILES string of the molecule is C=C(C)COc1ccccc1NCC(=O)NC(C)(C)C. The number of carbonyl (C=O) groups excluding carboxylic acids is 1. The van der Waals surface area contributed by atoms with Crippen LogP contribution in [0.15, 0.2) is 36.4 Å². The molecule has 1 aromatic rings. The monoisotopic (exact) mass is 276 g/mol. The lowest BCUT2D eigenvalue weighted by Gasteiger charge is -2.21. The molecule has 4 nitrogen and oxygen atoms in total. The quantitative estimate of drug-likeness (QED) is 0.785. The van der Waals surface area contributed by atoms with Crippen LogP contribution in [0.2, 0.25) is 0 Å². The van der Waals surface area contributed by atoms with E-state index in [4.69, 9.17) is 4.74 Å². The molecule has 0 unspecified atom stereocenters. The molecule has 0 radical (unpaired) electrons. The van der Waals surface area contributed by atoms with Crippen LogP contribution in [0.4, 0.5) is 5.69 Å². The van der Waals surface area contributed by atoms with Crippen molar-refractivity contribution in [3.63, 3.8) is 0 Å². The maximum Gasteiger partial charge on any atom is 0.239 e. The van der Waals surface area contributed by atoms with Gasteiger partial charge in [0.05, 0.1) is 12.2 Å². The largest absolute Gasteiger partial charge is 0.487 e. The lowest BCUT2D eigenvalue weighted by atomic mass is 10.1. The number of ether oxygens (including phenoxy) is 1. The van der Waals surface area contributed by atoms with Crippen LogP contribution in [0.1, 0.15) is 27.7 Å². The van der Waals surface area contributed by atoms with Crippen molar-refractivity contribution in [2.24, 2.45) is 0 Å². The molecule has 0 fully saturated rings. The van der Waals surface area contributed by atoms with Crippen LogP contribution in [-0.2, 0) is 4.79 Å². The Balaban J connectivity index is 2.59. The highest BCUT2D eigenvalue weighted by molar-refractivity contribution is 5.81. The number of rotatable bonds is 6. The standard InChI is InChI=1S/C16H24N2O2/c1-12(2)11-20-14-9-7-6-8-13(14)17-10-15(19)18-16(3,4)5/h6-9,17H,1,10-11H2,2-5H3,(H,18,19). The molecule has 20 heavy (non-hydrogen) atoms. The van der Waals surface area contributed by atoms with Crippen molar-refractivity contribution >= 4 is 11.6 Å². The zero-order chi connectivity index (χ0) is 15.2. The average molecular weight is 276 g/mol. The van der Waals surface area contributed by atoms with E-state index in [1.165, 1.54) is 0 Å². The first kappa shape index (κ1) is 16.1. The molecule has 1 aromatic carbocycles. The van der Waals surface area contributed by atoms with Gasteiger partial charge in [-0.05, 0) is 45.4 Å². The Morgan fingerprint density at radius 3 is 2.55 bits per heavy atom. The summed E-state index contributed by atoms with van der Waals surface area (Å²) in [4.78, 5) is 11.8. The smallest absolute Gasteiger partial charge is 0.239 e. The number of hydrogen-bond acceptors (Lipinski definition) is 3. The van der Waals surface area contributed by atoms with Gasteiger partial charge in [-0.3, -0.25) is 4.79 Å². The molecule has 0 aliphatic rings. The topological polar surface area (TPSA) is 50.4 Å². The summed E-state index contributed by atoms with van der Waals surface area (Å²) < 4.78 is 5.64. The summed E-state index contributed by atoms with van der Waals surface area (Å²) in [5.74, 6) is 0.672. The predicted molar refractivity (Wildman–Crippen MR) is 83.1 cm³/mol. The minimum Gasteiger partial charge on any atom is -0.487 e. The van der Waals surface area contributed by atoms with E-state index < -0.39 is 0 Å². The van der Waals surface area contributed by atoms with Crippen LogP contribution in [0.3, 0.4) is 0 Å². The Morgan fingerprint density at radius 1 is 1.30 bits per heavy atom. The van der Waals surface area contributed by atoms with Gasteiger partial charge in [0.1, 0.15) is 12.4 Å². The summed E-state index contributed by atoms with van der Waals surface area (Å²) in [5.41, 5.74) is 1.53. The zero-order valence-corrected chi connectivity index (χ0v) is 12.7. The molecule has 0 heterocycles. The lowest BCUT2D eigenvalue weighted by Crippen LogP contribution is -2.43. The van der Waals surface area contributed by atoms with E-state index in [1.807, 2.05) is 52.0 Å². The van der Waals surface area contributed by atoms with Gasteiger partial charge in [0.2, 0.25) is 5.91 Å². The highest BCUT2D eigenvalue weighted by atomic mass is 16.5. The van der Waals surface area contributed by atoms with E-state index in [1.54, 1.807) is 0 Å². The fourth-order valence-electron chi connectivity index (χ4n) is 1.58. The van der Waals surface area contributed by atoms with E-state index in [0.29, 0.717) is 6.61 Å². The Bertz CT molecular complexity index is 476. The maximum atomic E-state index is 11.8. The van der Waals surface area contributed by atoms with E-state index in [9.17, 15) is 4.79 Å². The third-order valence-electron chi connectivity index (χ3n) is 2.31. The van der Waals surface area contributed by atoms with Crippen molar-refractivity contribution in [3.8, 4) is 5.75 Å². The second-order valence-electron chi connectivity index (χ2n) is 5.89. The number of carbonyl (C=O) groups is 1. The molecule has 2 N–H and O–H groups in total. The van der Waals surface area contributed by atoms with Crippen LogP contribution >= 0.6 is 0 Å². The minimum absolute atomic E-state index is 0.0489. The van der Waals surface area contributed by atoms with Gasteiger partial charge in [-0.15, -0.1) is 0 Å². The number of para-hydroxylation sites is 2. The van der Waals surface area contributed by atoms with Gasteiger partial charge in [0.25, 0.3) is 0 Å². The maximum absolute atomic E-state index is 11.8. The first-order valence-corrected chi connectivity index (χ1v) is 6.69. The highest BCUT2D eigenvalue weighted by Gasteiger charge is 2.13. The normalized spacial score (nSPS) is 10.8. The number of anilines is 1. The lowest BCUT2D eigenvalue weighted by molar-refractivity contribution is -0.120. The first-order chi connectivity index (χ1) is 9.28. The van der Waals surface area contributed by atoms with Gasteiger partial charge < -0.3 is 15.4 Å². The van der Waals surface area contributed by atoms with E-state index in [2.05, 4.69) is 17.2 Å². The molecule has 0 aliphatic heterocycles. The fourth-order valence-corrected chi connectivity index (χ4v) is 1.58. The molecule has 1 amide bonds. The molecule has 0 atom stereocenters. The molecule has 1 rings (SSSR count).